The maximum atomic E-state index is 12.5. The molecule has 0 atom stereocenters. The zero-order valence-corrected chi connectivity index (χ0v) is 20.7. The molecule has 36 heavy (non-hydrogen) atoms. The van der Waals surface area contributed by atoms with Crippen LogP contribution in [-0.2, 0) is 4.79 Å². The van der Waals surface area contributed by atoms with Gasteiger partial charge in [0, 0.05) is 21.8 Å². The van der Waals surface area contributed by atoms with Gasteiger partial charge in [0.2, 0.25) is 0 Å². The minimum atomic E-state index is -0.436. The number of methoxy groups -OCH3 is 1. The first-order valence-electron chi connectivity index (χ1n) is 10.9. The molecule has 0 aromatic heterocycles. The number of para-hydroxylation sites is 1. The Morgan fingerprint density at radius 3 is 2.58 bits per heavy atom. The maximum Gasteiger partial charge on any atom is 0.271 e. The second-order valence-electron chi connectivity index (χ2n) is 7.50. The van der Waals surface area contributed by atoms with Crippen molar-refractivity contribution in [2.24, 2.45) is 5.10 Å². The third-order valence-electron chi connectivity index (χ3n) is 4.89. The normalized spacial score (nSPS) is 10.5. The van der Waals surface area contributed by atoms with Gasteiger partial charge in [-0.3, -0.25) is 9.59 Å². The number of ether oxygens (including phenoxy) is 3. The lowest BCUT2D eigenvalue weighted by Gasteiger charge is -2.11. The Labute approximate surface area is 214 Å². The molecule has 0 aliphatic rings. The predicted octanol–water partition coefficient (Wildman–Crippen LogP) is 5.00. The lowest BCUT2D eigenvalue weighted by molar-refractivity contribution is -0.118. The largest absolute Gasteiger partial charge is 0.493 e. The van der Waals surface area contributed by atoms with Gasteiger partial charge in [-0.2, -0.15) is 5.10 Å². The molecule has 0 aliphatic heterocycles. The van der Waals surface area contributed by atoms with Gasteiger partial charge in [-0.05, 0) is 55.0 Å². The van der Waals surface area contributed by atoms with Crippen LogP contribution >= 0.6 is 11.6 Å². The number of carbonyl (C=O) groups is 2. The van der Waals surface area contributed by atoms with Crippen LogP contribution in [0.2, 0.25) is 5.02 Å². The first-order chi connectivity index (χ1) is 17.4. The van der Waals surface area contributed by atoms with E-state index in [2.05, 4.69) is 22.4 Å². The summed E-state index contributed by atoms with van der Waals surface area (Å²) in [6.45, 7) is 5.58. The van der Waals surface area contributed by atoms with Crippen molar-refractivity contribution in [2.75, 3.05) is 25.6 Å². The molecule has 0 unspecified atom stereocenters. The highest BCUT2D eigenvalue weighted by Crippen LogP contribution is 2.28. The number of benzene rings is 3. The lowest BCUT2D eigenvalue weighted by Crippen LogP contribution is -2.20. The molecule has 0 saturated carbocycles. The van der Waals surface area contributed by atoms with Crippen molar-refractivity contribution in [1.29, 1.82) is 0 Å². The first-order valence-corrected chi connectivity index (χ1v) is 11.3. The minimum Gasteiger partial charge on any atom is -0.493 e. The van der Waals surface area contributed by atoms with E-state index in [1.54, 1.807) is 60.7 Å². The quantitative estimate of drug-likeness (QED) is 0.216. The van der Waals surface area contributed by atoms with E-state index in [9.17, 15) is 9.59 Å². The van der Waals surface area contributed by atoms with Crippen LogP contribution in [0.1, 0.15) is 21.5 Å². The van der Waals surface area contributed by atoms with Crippen LogP contribution in [-0.4, -0.2) is 38.4 Å². The molecule has 8 nitrogen and oxygen atoms in total. The topological polar surface area (TPSA) is 98.3 Å². The Bertz CT molecular complexity index is 1280. The number of amides is 2. The first kappa shape index (κ1) is 26.3. The minimum absolute atomic E-state index is 0.219. The summed E-state index contributed by atoms with van der Waals surface area (Å²) in [6.07, 6.45) is 3.05. The van der Waals surface area contributed by atoms with E-state index in [-0.39, 0.29) is 12.5 Å². The summed E-state index contributed by atoms with van der Waals surface area (Å²) < 4.78 is 16.4. The number of aryl methyl sites for hydroxylation is 1. The number of anilines is 1. The Balaban J connectivity index is 1.59. The van der Waals surface area contributed by atoms with Gasteiger partial charge in [-0.15, -0.1) is 0 Å². The summed E-state index contributed by atoms with van der Waals surface area (Å²) in [5, 5.41) is 7.31. The summed E-state index contributed by atoms with van der Waals surface area (Å²) in [7, 11) is 1.49. The second kappa shape index (κ2) is 13.0. The fourth-order valence-corrected chi connectivity index (χ4v) is 3.21. The fourth-order valence-electron chi connectivity index (χ4n) is 3.03. The molecule has 3 rings (SSSR count). The smallest absolute Gasteiger partial charge is 0.271 e. The molecular weight excluding hydrogens is 482 g/mol. The average molecular weight is 508 g/mol. The summed E-state index contributed by atoms with van der Waals surface area (Å²) in [5.41, 5.74) is 4.88. The number of rotatable bonds is 11. The van der Waals surface area contributed by atoms with Crippen molar-refractivity contribution >= 4 is 35.3 Å². The number of halogens is 1. The highest BCUT2D eigenvalue weighted by Gasteiger charge is 2.11. The van der Waals surface area contributed by atoms with Crippen molar-refractivity contribution in [1.82, 2.24) is 5.43 Å². The van der Waals surface area contributed by atoms with Gasteiger partial charge >= 0.3 is 0 Å². The molecule has 3 aromatic rings. The Morgan fingerprint density at radius 2 is 1.83 bits per heavy atom. The van der Waals surface area contributed by atoms with Crippen LogP contribution in [0.5, 0.6) is 17.2 Å². The van der Waals surface area contributed by atoms with E-state index in [1.807, 2.05) is 13.0 Å². The highest BCUT2D eigenvalue weighted by molar-refractivity contribution is 6.31. The molecule has 0 spiro atoms. The molecule has 0 aliphatic carbocycles. The molecule has 0 saturated heterocycles. The van der Waals surface area contributed by atoms with Gasteiger partial charge < -0.3 is 19.5 Å². The van der Waals surface area contributed by atoms with Crippen LogP contribution < -0.4 is 25.0 Å². The molecule has 0 heterocycles. The van der Waals surface area contributed by atoms with Crippen molar-refractivity contribution in [3.05, 3.63) is 95.0 Å². The Morgan fingerprint density at radius 1 is 1.03 bits per heavy atom. The monoisotopic (exact) mass is 507 g/mol. The predicted molar refractivity (Wildman–Crippen MR) is 141 cm³/mol. The summed E-state index contributed by atoms with van der Waals surface area (Å²) in [6, 6.07) is 17.1. The maximum absolute atomic E-state index is 12.5. The standard InChI is InChI=1S/C27H26ClN3O5/c1-4-13-35-24-12-10-19(14-25(24)34-3)27(33)31-29-16-20-7-5-6-8-23(20)36-17-26(32)30-21-11-9-18(2)22(28)15-21/h4-12,14-16H,1,13,17H2,2-3H3,(H,30,32)(H,31,33)/b29-16+. The lowest BCUT2D eigenvalue weighted by atomic mass is 10.2. The zero-order valence-electron chi connectivity index (χ0n) is 19.9. The van der Waals surface area contributed by atoms with Gasteiger partial charge in [-0.1, -0.05) is 42.5 Å². The van der Waals surface area contributed by atoms with Crippen molar-refractivity contribution in [2.45, 2.75) is 6.92 Å². The molecule has 2 N–H and O–H groups in total. The summed E-state index contributed by atoms with van der Waals surface area (Å²) in [5.74, 6) is 0.563. The number of hydrazone groups is 1. The number of nitrogens with zero attached hydrogens (tertiary/aromatic N) is 1. The van der Waals surface area contributed by atoms with E-state index >= 15 is 0 Å². The third-order valence-corrected chi connectivity index (χ3v) is 5.29. The van der Waals surface area contributed by atoms with E-state index in [0.29, 0.717) is 45.7 Å². The fraction of sp³-hybridized carbons (Fsp3) is 0.148. The SMILES string of the molecule is C=CCOc1ccc(C(=O)N/N=C/c2ccccc2OCC(=O)Nc2ccc(C)c(Cl)c2)cc1OC. The summed E-state index contributed by atoms with van der Waals surface area (Å²) in [4.78, 5) is 24.8. The molecule has 9 heteroatoms. The summed E-state index contributed by atoms with van der Waals surface area (Å²) >= 11 is 6.10. The Kier molecular flexibility index (Phi) is 9.48. The molecule has 0 fully saturated rings. The molecule has 0 radical (unpaired) electrons. The zero-order chi connectivity index (χ0) is 25.9. The average Bonchev–Trinajstić information content (AvgIpc) is 2.88. The van der Waals surface area contributed by atoms with Gasteiger partial charge in [0.1, 0.15) is 12.4 Å². The number of hydrogen-bond donors (Lipinski definition) is 2. The Hall–Kier alpha value is -4.30. The number of carbonyl (C=O) groups excluding carboxylic acids is 2. The molecule has 3 aromatic carbocycles. The molecule has 186 valence electrons. The van der Waals surface area contributed by atoms with Gasteiger partial charge in [0.25, 0.3) is 11.8 Å². The van der Waals surface area contributed by atoms with E-state index in [1.165, 1.54) is 13.3 Å². The van der Waals surface area contributed by atoms with Gasteiger partial charge in [-0.25, -0.2) is 5.43 Å². The molecular formula is C27H26ClN3O5. The van der Waals surface area contributed by atoms with E-state index in [0.717, 1.165) is 5.56 Å². The second-order valence-corrected chi connectivity index (χ2v) is 7.91. The van der Waals surface area contributed by atoms with Crippen molar-refractivity contribution < 1.29 is 23.8 Å². The van der Waals surface area contributed by atoms with Crippen LogP contribution in [0.25, 0.3) is 0 Å². The van der Waals surface area contributed by atoms with Crippen LogP contribution in [0, 0.1) is 6.92 Å². The van der Waals surface area contributed by atoms with Gasteiger partial charge in [0.15, 0.2) is 18.1 Å². The van der Waals surface area contributed by atoms with Crippen LogP contribution in [0.4, 0.5) is 5.69 Å². The van der Waals surface area contributed by atoms with Crippen LogP contribution in [0.3, 0.4) is 0 Å². The van der Waals surface area contributed by atoms with E-state index < -0.39 is 5.91 Å². The number of nitrogens with one attached hydrogen (secondary N) is 2. The van der Waals surface area contributed by atoms with Gasteiger partial charge in [0.05, 0.1) is 13.3 Å². The van der Waals surface area contributed by atoms with Crippen molar-refractivity contribution in [3.8, 4) is 17.2 Å². The van der Waals surface area contributed by atoms with Crippen molar-refractivity contribution in [3.63, 3.8) is 0 Å². The van der Waals surface area contributed by atoms with E-state index in [4.69, 9.17) is 25.8 Å². The number of hydrogen-bond acceptors (Lipinski definition) is 6. The molecule has 2 amide bonds. The highest BCUT2D eigenvalue weighted by atomic mass is 35.5. The third kappa shape index (κ3) is 7.35. The molecule has 0 bridgehead atoms. The van der Waals surface area contributed by atoms with Crippen LogP contribution in [0.15, 0.2) is 78.4 Å².